The Hall–Kier alpha value is -5.33. The minimum atomic E-state index is -1.34. The first kappa shape index (κ1) is 36.9. The number of aliphatic hydroxyl groups excluding tert-OH is 1. The number of nitrogens with two attached hydrogens (primary N) is 1. The summed E-state index contributed by atoms with van der Waals surface area (Å²) in [5.74, 6) is -1.76. The Balaban J connectivity index is 1.32. The molecule has 3 aromatic carbocycles. The number of rotatable bonds is 16. The van der Waals surface area contributed by atoms with Crippen molar-refractivity contribution in [3.8, 4) is 0 Å². The van der Waals surface area contributed by atoms with E-state index in [4.69, 9.17) is 5.73 Å². The van der Waals surface area contributed by atoms with Gasteiger partial charge in [0.1, 0.15) is 11.7 Å². The fraction of sp³-hybridized carbons (Fsp3) is 0.359. The lowest BCUT2D eigenvalue weighted by Gasteiger charge is -2.33. The van der Waals surface area contributed by atoms with E-state index >= 15 is 0 Å². The van der Waals surface area contributed by atoms with Gasteiger partial charge < -0.3 is 26.8 Å². The van der Waals surface area contributed by atoms with E-state index in [-0.39, 0.29) is 18.7 Å². The summed E-state index contributed by atoms with van der Waals surface area (Å²) >= 11 is 0. The van der Waals surface area contributed by atoms with Crippen LogP contribution in [-0.2, 0) is 22.6 Å². The lowest BCUT2D eigenvalue weighted by Crippen LogP contribution is -2.58. The third-order valence-electron chi connectivity index (χ3n) is 9.15. The van der Waals surface area contributed by atoms with E-state index in [9.17, 15) is 24.3 Å². The molecule has 1 fully saturated rings. The summed E-state index contributed by atoms with van der Waals surface area (Å²) in [4.78, 5) is 57.1. The van der Waals surface area contributed by atoms with E-state index in [0.717, 1.165) is 42.2 Å². The number of primary amides is 1. The predicted octanol–water partition coefficient (Wildman–Crippen LogP) is 3.59. The summed E-state index contributed by atoms with van der Waals surface area (Å²) in [7, 11) is 0. The summed E-state index contributed by atoms with van der Waals surface area (Å²) in [6.45, 7) is 0.706. The molecule has 7 N–H and O–H groups in total. The first-order valence-corrected chi connectivity index (χ1v) is 17.6. The second kappa shape index (κ2) is 18.6. The highest BCUT2D eigenvalue weighted by molar-refractivity contribution is 5.99. The van der Waals surface area contributed by atoms with Crippen molar-refractivity contribution < 1.29 is 24.3 Å². The van der Waals surface area contributed by atoms with Crippen molar-refractivity contribution >= 4 is 34.7 Å². The third-order valence-corrected chi connectivity index (χ3v) is 9.15. The van der Waals surface area contributed by atoms with E-state index in [1.54, 1.807) is 18.2 Å². The maximum absolute atomic E-state index is 13.8. The van der Waals surface area contributed by atoms with Crippen LogP contribution in [0.5, 0.6) is 0 Å². The van der Waals surface area contributed by atoms with Crippen LogP contribution in [0.2, 0.25) is 0 Å². The van der Waals surface area contributed by atoms with Crippen LogP contribution in [0.3, 0.4) is 0 Å². The largest absolute Gasteiger partial charge is 0.389 e. The maximum Gasteiger partial charge on any atom is 0.332 e. The van der Waals surface area contributed by atoms with Gasteiger partial charge in [-0.1, -0.05) is 104 Å². The van der Waals surface area contributed by atoms with Crippen molar-refractivity contribution in [1.82, 2.24) is 31.4 Å². The average Bonchev–Trinajstić information content (AvgIpc) is 3.15. The number of fused-ring (bicyclic) bond motifs is 1. The smallest absolute Gasteiger partial charge is 0.332 e. The Labute approximate surface area is 298 Å². The number of nitrogens with zero attached hydrogens (tertiary/aromatic N) is 2. The van der Waals surface area contributed by atoms with Gasteiger partial charge in [-0.05, 0) is 48.4 Å². The van der Waals surface area contributed by atoms with Crippen LogP contribution in [0.1, 0.15) is 60.1 Å². The van der Waals surface area contributed by atoms with Crippen molar-refractivity contribution in [2.45, 2.75) is 69.7 Å². The number of para-hydroxylation sites is 1. The molecule has 12 nitrogen and oxygen atoms in total. The Morgan fingerprint density at radius 3 is 2.20 bits per heavy atom. The average molecular weight is 694 g/mol. The Morgan fingerprint density at radius 2 is 1.49 bits per heavy atom. The lowest BCUT2D eigenvalue weighted by molar-refractivity contribution is -0.128. The molecular formula is C39H47N7O5. The maximum atomic E-state index is 13.8. The minimum absolute atomic E-state index is 0.0676. The molecule has 1 aliphatic rings. The molecule has 268 valence electrons. The summed E-state index contributed by atoms with van der Waals surface area (Å²) < 4.78 is 0. The minimum Gasteiger partial charge on any atom is -0.389 e. The van der Waals surface area contributed by atoms with Gasteiger partial charge in [0, 0.05) is 18.5 Å². The molecule has 4 aromatic rings. The molecule has 3 atom stereocenters. The SMILES string of the molecule is NC(=O)C[C@H](NC(=O)c1ccc2ccccc2n1)C(=O)NC(Cc1ccccc1)C(O)CN(NCC1CCCCC1)C(=O)NCc1ccccc1. The zero-order valence-corrected chi connectivity index (χ0v) is 28.7. The van der Waals surface area contributed by atoms with Gasteiger partial charge in [-0.2, -0.15) is 0 Å². The van der Waals surface area contributed by atoms with Gasteiger partial charge in [-0.15, -0.1) is 0 Å². The van der Waals surface area contributed by atoms with Crippen LogP contribution in [0, 0.1) is 5.92 Å². The number of carbonyl (C=O) groups is 4. The van der Waals surface area contributed by atoms with E-state index in [1.807, 2.05) is 72.8 Å². The van der Waals surface area contributed by atoms with Crippen molar-refractivity contribution in [2.24, 2.45) is 11.7 Å². The number of hydrogen-bond donors (Lipinski definition) is 6. The Bertz CT molecular complexity index is 1750. The van der Waals surface area contributed by atoms with Gasteiger partial charge in [0.2, 0.25) is 11.8 Å². The van der Waals surface area contributed by atoms with E-state index in [2.05, 4.69) is 26.4 Å². The number of amides is 5. The monoisotopic (exact) mass is 693 g/mol. The molecule has 5 amide bonds. The van der Waals surface area contributed by atoms with Gasteiger partial charge in [0.05, 0.1) is 30.6 Å². The Morgan fingerprint density at radius 1 is 0.824 bits per heavy atom. The molecule has 1 aromatic heterocycles. The molecule has 0 radical (unpaired) electrons. The number of nitrogens with one attached hydrogen (secondary N) is 4. The molecule has 51 heavy (non-hydrogen) atoms. The number of aliphatic hydroxyl groups is 1. The molecule has 0 spiro atoms. The topological polar surface area (TPSA) is 179 Å². The quantitative estimate of drug-likeness (QED) is 0.0971. The van der Waals surface area contributed by atoms with Crippen molar-refractivity contribution in [1.29, 1.82) is 0 Å². The number of urea groups is 1. The van der Waals surface area contributed by atoms with Crippen LogP contribution in [0.15, 0.2) is 97.1 Å². The first-order valence-electron chi connectivity index (χ1n) is 17.6. The van der Waals surface area contributed by atoms with Crippen LogP contribution in [0.4, 0.5) is 4.79 Å². The van der Waals surface area contributed by atoms with Crippen molar-refractivity contribution in [3.05, 3.63) is 114 Å². The number of aromatic nitrogens is 1. The van der Waals surface area contributed by atoms with Crippen LogP contribution in [-0.4, -0.2) is 70.1 Å². The summed E-state index contributed by atoms with van der Waals surface area (Å²) in [5, 5.41) is 22.3. The fourth-order valence-corrected chi connectivity index (χ4v) is 6.30. The van der Waals surface area contributed by atoms with Gasteiger partial charge in [0.25, 0.3) is 5.91 Å². The second-order valence-electron chi connectivity index (χ2n) is 13.1. The zero-order valence-electron chi connectivity index (χ0n) is 28.7. The van der Waals surface area contributed by atoms with Crippen LogP contribution >= 0.6 is 0 Å². The van der Waals surface area contributed by atoms with Gasteiger partial charge in [0.15, 0.2) is 0 Å². The molecule has 1 saturated carbocycles. The van der Waals surface area contributed by atoms with Gasteiger partial charge in [-0.3, -0.25) is 19.4 Å². The fourth-order valence-electron chi connectivity index (χ4n) is 6.30. The van der Waals surface area contributed by atoms with E-state index < -0.39 is 48.4 Å². The van der Waals surface area contributed by atoms with Crippen molar-refractivity contribution in [3.63, 3.8) is 0 Å². The number of hydrazine groups is 1. The molecule has 2 unspecified atom stereocenters. The zero-order chi connectivity index (χ0) is 36.0. The summed E-state index contributed by atoms with van der Waals surface area (Å²) in [6.07, 6.45) is 4.08. The lowest BCUT2D eigenvalue weighted by atomic mass is 9.89. The Kier molecular flexibility index (Phi) is 13.5. The number of pyridine rings is 1. The molecular weight excluding hydrogens is 646 g/mol. The highest BCUT2D eigenvalue weighted by atomic mass is 16.3. The molecule has 1 aliphatic carbocycles. The molecule has 0 bridgehead atoms. The highest BCUT2D eigenvalue weighted by Gasteiger charge is 2.31. The molecule has 5 rings (SSSR count). The molecule has 0 aliphatic heterocycles. The van der Waals surface area contributed by atoms with Gasteiger partial charge >= 0.3 is 6.03 Å². The van der Waals surface area contributed by atoms with Crippen LogP contribution < -0.4 is 27.1 Å². The number of hydrogen-bond acceptors (Lipinski definition) is 7. The second-order valence-corrected chi connectivity index (χ2v) is 13.1. The predicted molar refractivity (Wildman–Crippen MR) is 195 cm³/mol. The standard InChI is InChI=1S/C39H47N7O5/c40-36(48)23-34(45-37(49)32-21-20-30-18-10-11-19-31(30)43-32)38(50)44-33(22-27-12-4-1-5-13-27)35(47)26-46(42-25-29-16-8-3-9-17-29)39(51)41-24-28-14-6-2-7-15-28/h1-2,4-7,10-15,18-21,29,33-35,42,47H,3,8-9,16-17,22-26H2,(H2,40,48)(H,41,51)(H,44,50)(H,45,49)/t33?,34-,35?/m0/s1. The third kappa shape index (κ3) is 11.3. The highest BCUT2D eigenvalue weighted by Crippen LogP contribution is 2.23. The van der Waals surface area contributed by atoms with E-state index in [1.165, 1.54) is 17.5 Å². The van der Waals surface area contributed by atoms with Crippen molar-refractivity contribution in [2.75, 3.05) is 13.1 Å². The summed E-state index contributed by atoms with van der Waals surface area (Å²) in [6, 6.07) is 26.7. The van der Waals surface area contributed by atoms with Gasteiger partial charge in [-0.25, -0.2) is 15.2 Å². The molecule has 12 heteroatoms. The number of benzene rings is 3. The van der Waals surface area contributed by atoms with Crippen LogP contribution in [0.25, 0.3) is 10.9 Å². The molecule has 1 heterocycles. The number of carbonyl (C=O) groups excluding carboxylic acids is 4. The molecule has 0 saturated heterocycles. The normalized spacial score (nSPS) is 14.9. The summed E-state index contributed by atoms with van der Waals surface area (Å²) in [5.41, 5.74) is 11.2. The first-order chi connectivity index (χ1) is 24.7. The van der Waals surface area contributed by atoms with E-state index in [0.29, 0.717) is 24.5 Å².